The normalized spacial score (nSPS) is 11.9. The third-order valence-electron chi connectivity index (χ3n) is 4.15. The molecule has 0 aliphatic carbocycles. The molecule has 0 amide bonds. The molecule has 7 nitrogen and oxygen atoms in total. The van der Waals surface area contributed by atoms with Gasteiger partial charge in [-0.15, -0.1) is 0 Å². The van der Waals surface area contributed by atoms with Crippen LogP contribution in [0.5, 0.6) is 0 Å². The highest BCUT2D eigenvalue weighted by Gasteiger charge is 2.06. The van der Waals surface area contributed by atoms with Crippen molar-refractivity contribution in [2.45, 2.75) is 33.1 Å². The summed E-state index contributed by atoms with van der Waals surface area (Å²) in [6, 6.07) is 4.80. The Bertz CT molecular complexity index is 901. The summed E-state index contributed by atoms with van der Waals surface area (Å²) in [7, 11) is 0. The first kappa shape index (κ1) is 18.9. The topological polar surface area (TPSA) is 91.1 Å². The Hall–Kier alpha value is -2.90. The van der Waals surface area contributed by atoms with Gasteiger partial charge in [0.05, 0.1) is 0 Å². The van der Waals surface area contributed by atoms with Crippen LogP contribution in [-0.4, -0.2) is 40.7 Å². The van der Waals surface area contributed by atoms with Crippen molar-refractivity contribution in [3.05, 3.63) is 47.5 Å². The van der Waals surface area contributed by atoms with Gasteiger partial charge in [-0.3, -0.25) is 4.99 Å². The molecule has 3 N–H and O–H groups in total. The minimum Gasteiger partial charge on any atom is -0.361 e. The highest BCUT2D eigenvalue weighted by molar-refractivity contribution is 5.83. The summed E-state index contributed by atoms with van der Waals surface area (Å²) in [5, 5.41) is 11.3. The van der Waals surface area contributed by atoms with Gasteiger partial charge in [-0.25, -0.2) is 4.39 Å². The Labute approximate surface area is 157 Å². The largest absolute Gasteiger partial charge is 0.361 e. The molecule has 0 spiro atoms. The molecule has 0 saturated carbocycles. The predicted molar refractivity (Wildman–Crippen MR) is 103 cm³/mol. The molecule has 27 heavy (non-hydrogen) atoms. The lowest BCUT2D eigenvalue weighted by molar-refractivity contribution is 0.372. The lowest BCUT2D eigenvalue weighted by Crippen LogP contribution is -2.38. The van der Waals surface area contributed by atoms with E-state index in [1.807, 2.05) is 13.1 Å². The number of nitrogens with one attached hydrogen (secondary N) is 3. The lowest BCUT2D eigenvalue weighted by Gasteiger charge is -2.11. The number of aliphatic imine (C=N–C) groups is 1. The number of halogens is 1. The second-order valence-corrected chi connectivity index (χ2v) is 6.28. The van der Waals surface area contributed by atoms with Gasteiger partial charge in [-0.2, -0.15) is 4.98 Å². The van der Waals surface area contributed by atoms with Crippen LogP contribution in [0.25, 0.3) is 10.9 Å². The van der Waals surface area contributed by atoms with Crippen LogP contribution < -0.4 is 10.6 Å². The van der Waals surface area contributed by atoms with Crippen LogP contribution in [0, 0.1) is 12.7 Å². The number of H-pyrrole nitrogens is 1. The number of nitrogens with zero attached hydrogens (tertiary/aromatic N) is 3. The number of aryl methyl sites for hydroxylation is 2. The molecule has 3 aromatic rings. The van der Waals surface area contributed by atoms with Crippen LogP contribution in [-0.2, 0) is 12.8 Å². The standard InChI is InChI=1S/C19H25FN6O/c1-3-21-19(22-9-4-5-18-25-13(2)26-27-18)23-10-8-14-12-24-17-7-6-15(20)11-16(14)17/h6-7,11-12,24H,3-5,8-10H2,1-2H3,(H2,21,22,23). The number of rotatable bonds is 8. The first-order chi connectivity index (χ1) is 13.2. The number of benzene rings is 1. The van der Waals surface area contributed by atoms with E-state index in [0.717, 1.165) is 41.8 Å². The molecule has 1 aromatic carbocycles. The van der Waals surface area contributed by atoms with Crippen molar-refractivity contribution in [3.8, 4) is 0 Å². The Balaban J connectivity index is 1.49. The van der Waals surface area contributed by atoms with Gasteiger partial charge in [0.1, 0.15) is 5.82 Å². The van der Waals surface area contributed by atoms with Crippen molar-refractivity contribution in [3.63, 3.8) is 0 Å². The van der Waals surface area contributed by atoms with Crippen molar-refractivity contribution in [2.24, 2.45) is 4.99 Å². The lowest BCUT2D eigenvalue weighted by atomic mass is 10.1. The molecule has 2 heterocycles. The first-order valence-electron chi connectivity index (χ1n) is 9.22. The average Bonchev–Trinajstić information content (AvgIpc) is 3.24. The molecule has 0 unspecified atom stereocenters. The molecule has 3 rings (SSSR count). The van der Waals surface area contributed by atoms with Crippen molar-refractivity contribution < 1.29 is 8.91 Å². The van der Waals surface area contributed by atoms with E-state index in [-0.39, 0.29) is 5.82 Å². The van der Waals surface area contributed by atoms with E-state index in [0.29, 0.717) is 31.2 Å². The molecule has 0 radical (unpaired) electrons. The molecule has 0 atom stereocenters. The fraction of sp³-hybridized carbons (Fsp3) is 0.421. The number of aromatic nitrogens is 3. The fourth-order valence-corrected chi connectivity index (χ4v) is 2.88. The van der Waals surface area contributed by atoms with Gasteiger partial charge >= 0.3 is 0 Å². The van der Waals surface area contributed by atoms with Crippen LogP contribution in [0.4, 0.5) is 4.39 Å². The van der Waals surface area contributed by atoms with Gasteiger partial charge in [0, 0.05) is 43.2 Å². The summed E-state index contributed by atoms with van der Waals surface area (Å²) in [6.45, 7) is 5.99. The van der Waals surface area contributed by atoms with Crippen molar-refractivity contribution >= 4 is 16.9 Å². The molecule has 0 aliphatic heterocycles. The number of hydrogen-bond acceptors (Lipinski definition) is 4. The highest BCUT2D eigenvalue weighted by atomic mass is 19.1. The summed E-state index contributed by atoms with van der Waals surface area (Å²) < 4.78 is 18.6. The zero-order valence-corrected chi connectivity index (χ0v) is 15.7. The minimum atomic E-state index is -0.220. The van der Waals surface area contributed by atoms with E-state index in [9.17, 15) is 4.39 Å². The van der Waals surface area contributed by atoms with Gasteiger partial charge in [-0.05, 0) is 50.5 Å². The van der Waals surface area contributed by atoms with Gasteiger partial charge < -0.3 is 20.1 Å². The summed E-state index contributed by atoms with van der Waals surface area (Å²) in [4.78, 5) is 11.9. The molecule has 144 valence electrons. The van der Waals surface area contributed by atoms with Crippen LogP contribution in [0.1, 0.15) is 30.6 Å². The molecule has 0 aliphatic rings. The number of fused-ring (bicyclic) bond motifs is 1. The smallest absolute Gasteiger partial charge is 0.226 e. The van der Waals surface area contributed by atoms with Crippen molar-refractivity contribution in [1.82, 2.24) is 25.8 Å². The second kappa shape index (κ2) is 9.16. The van der Waals surface area contributed by atoms with E-state index in [2.05, 4.69) is 30.8 Å². The van der Waals surface area contributed by atoms with Crippen LogP contribution in [0.3, 0.4) is 0 Å². The van der Waals surface area contributed by atoms with Crippen LogP contribution in [0.2, 0.25) is 0 Å². The summed E-state index contributed by atoms with van der Waals surface area (Å²) >= 11 is 0. The van der Waals surface area contributed by atoms with Gasteiger partial charge in [-0.1, -0.05) is 5.16 Å². The zero-order chi connectivity index (χ0) is 19.1. The second-order valence-electron chi connectivity index (χ2n) is 6.28. The Morgan fingerprint density at radius 2 is 2.19 bits per heavy atom. The molecule has 2 aromatic heterocycles. The highest BCUT2D eigenvalue weighted by Crippen LogP contribution is 2.19. The SMILES string of the molecule is CCNC(=NCCCc1nc(C)no1)NCCc1c[nH]c2ccc(F)cc12. The molecular formula is C19H25FN6O. The van der Waals surface area contributed by atoms with E-state index < -0.39 is 0 Å². The maximum absolute atomic E-state index is 13.5. The van der Waals surface area contributed by atoms with E-state index >= 15 is 0 Å². The maximum Gasteiger partial charge on any atom is 0.226 e. The first-order valence-corrected chi connectivity index (χ1v) is 9.22. The average molecular weight is 372 g/mol. The number of hydrogen-bond donors (Lipinski definition) is 3. The number of guanidine groups is 1. The monoisotopic (exact) mass is 372 g/mol. The Kier molecular flexibility index (Phi) is 6.40. The Morgan fingerprint density at radius 3 is 2.96 bits per heavy atom. The van der Waals surface area contributed by atoms with E-state index in [1.54, 1.807) is 19.1 Å². The van der Waals surface area contributed by atoms with Crippen LogP contribution >= 0.6 is 0 Å². The van der Waals surface area contributed by atoms with Crippen LogP contribution in [0.15, 0.2) is 33.9 Å². The van der Waals surface area contributed by atoms with E-state index in [1.165, 1.54) is 6.07 Å². The fourth-order valence-electron chi connectivity index (χ4n) is 2.88. The number of aromatic amines is 1. The van der Waals surface area contributed by atoms with E-state index in [4.69, 9.17) is 4.52 Å². The predicted octanol–water partition coefficient (Wildman–Crippen LogP) is 2.73. The van der Waals surface area contributed by atoms with Crippen molar-refractivity contribution in [2.75, 3.05) is 19.6 Å². The Morgan fingerprint density at radius 1 is 1.30 bits per heavy atom. The van der Waals surface area contributed by atoms with Crippen molar-refractivity contribution in [1.29, 1.82) is 0 Å². The molecule has 8 heteroatoms. The summed E-state index contributed by atoms with van der Waals surface area (Å²) in [6.07, 6.45) is 4.25. The quantitative estimate of drug-likeness (QED) is 0.321. The third kappa shape index (κ3) is 5.29. The molecule has 0 bridgehead atoms. The molecular weight excluding hydrogens is 347 g/mol. The van der Waals surface area contributed by atoms with Gasteiger partial charge in [0.15, 0.2) is 11.8 Å². The molecule has 0 fully saturated rings. The summed E-state index contributed by atoms with van der Waals surface area (Å²) in [5.74, 6) is 1.85. The molecule has 0 saturated heterocycles. The maximum atomic E-state index is 13.5. The minimum absolute atomic E-state index is 0.220. The van der Waals surface area contributed by atoms with Gasteiger partial charge in [0.2, 0.25) is 5.89 Å². The summed E-state index contributed by atoms with van der Waals surface area (Å²) in [5.41, 5.74) is 2.03. The third-order valence-corrected chi connectivity index (χ3v) is 4.15. The van der Waals surface area contributed by atoms with Gasteiger partial charge in [0.25, 0.3) is 0 Å². The zero-order valence-electron chi connectivity index (χ0n) is 15.7.